The van der Waals surface area contributed by atoms with E-state index >= 15 is 0 Å². The number of aliphatic imine (C=N–C) groups is 1. The topological polar surface area (TPSA) is 207 Å². The van der Waals surface area contributed by atoms with Crippen molar-refractivity contribution in [2.45, 2.75) is 108 Å². The van der Waals surface area contributed by atoms with Gasteiger partial charge in [-0.3, -0.25) is 15.4 Å². The Bertz CT molecular complexity index is 1020. The van der Waals surface area contributed by atoms with Crippen molar-refractivity contribution in [2.24, 2.45) is 15.9 Å². The first-order valence-corrected chi connectivity index (χ1v) is 16.7. The van der Waals surface area contributed by atoms with Crippen LogP contribution in [0.2, 0.25) is 0 Å². The van der Waals surface area contributed by atoms with E-state index in [0.29, 0.717) is 23.1 Å². The number of aliphatic hydroxyl groups excluding tert-OH is 3. The summed E-state index contributed by atoms with van der Waals surface area (Å²) in [5, 5.41) is 59.0. The number of nitrogens with zero attached hydrogens (tertiary/aromatic N) is 3. The fraction of sp³-hybridized carbons (Fsp3) is 0.710. The van der Waals surface area contributed by atoms with Crippen LogP contribution < -0.4 is 21.2 Å². The first-order chi connectivity index (χ1) is 22.2. The van der Waals surface area contributed by atoms with Crippen molar-refractivity contribution < 1.29 is 39.9 Å². The van der Waals surface area contributed by atoms with Crippen LogP contribution in [-0.4, -0.2) is 112 Å². The molecule has 1 aliphatic rings. The van der Waals surface area contributed by atoms with Crippen LogP contribution in [0, 0.1) is 0 Å². The van der Waals surface area contributed by atoms with Crippen molar-refractivity contribution >= 4 is 34.9 Å². The van der Waals surface area contributed by atoms with Gasteiger partial charge >= 0.3 is 0 Å². The molecule has 1 heterocycles. The molecule has 0 radical (unpaired) electrons. The van der Waals surface area contributed by atoms with E-state index in [2.05, 4.69) is 27.7 Å². The molecule has 1 aliphatic heterocycles. The molecule has 1 saturated heterocycles. The second-order valence-corrected chi connectivity index (χ2v) is 11.7. The summed E-state index contributed by atoms with van der Waals surface area (Å²) in [5.74, 6) is 5.88. The molecule has 0 aromatic heterocycles. The number of benzene rings is 1. The second-order valence-electron chi connectivity index (χ2n) is 11.3. The molecule has 0 aliphatic carbocycles. The Hall–Kier alpha value is -2.47. The fourth-order valence-electron chi connectivity index (χ4n) is 4.70. The minimum absolute atomic E-state index is 0.0165. The van der Waals surface area contributed by atoms with E-state index in [1.54, 1.807) is 30.5 Å². The number of unbranched alkanes of at least 4 members (excludes halogenated alkanes) is 6. The van der Waals surface area contributed by atoms with Crippen LogP contribution in [0.5, 0.6) is 5.75 Å². The van der Waals surface area contributed by atoms with E-state index in [-0.39, 0.29) is 18.2 Å². The molecule has 1 aromatic rings. The van der Waals surface area contributed by atoms with Crippen LogP contribution in [0.3, 0.4) is 0 Å². The molecular weight excluding hydrogens is 616 g/mol. The summed E-state index contributed by atoms with van der Waals surface area (Å²) >= 11 is 5.39. The molecule has 1 fully saturated rings. The highest BCUT2D eigenvalue weighted by molar-refractivity contribution is 7.80. The third-order valence-electron chi connectivity index (χ3n) is 7.42. The van der Waals surface area contributed by atoms with Gasteiger partial charge in [0.2, 0.25) is 6.29 Å². The van der Waals surface area contributed by atoms with Gasteiger partial charge in [0.05, 0.1) is 18.4 Å². The lowest BCUT2D eigenvalue weighted by Gasteiger charge is -2.40. The molecule has 46 heavy (non-hydrogen) atoms. The maximum absolute atomic E-state index is 10.3. The van der Waals surface area contributed by atoms with E-state index < -0.39 is 30.7 Å². The van der Waals surface area contributed by atoms with Gasteiger partial charge in [-0.25, -0.2) is 0 Å². The van der Waals surface area contributed by atoms with Gasteiger partial charge < -0.3 is 46.0 Å². The average Bonchev–Trinajstić information content (AvgIpc) is 3.04. The minimum atomic E-state index is -1.53. The normalized spacial score (nSPS) is 22.0. The Morgan fingerprint density at radius 3 is 2.37 bits per heavy atom. The van der Waals surface area contributed by atoms with Gasteiger partial charge in [0.25, 0.3) is 0 Å². The number of nitrogens with one attached hydrogen (secondary N) is 2. The van der Waals surface area contributed by atoms with E-state index in [1.165, 1.54) is 19.3 Å². The van der Waals surface area contributed by atoms with Crippen LogP contribution in [0.4, 0.5) is 5.69 Å². The van der Waals surface area contributed by atoms with Gasteiger partial charge in [-0.1, -0.05) is 31.4 Å². The zero-order valence-electron chi connectivity index (χ0n) is 26.9. The number of hydrogen-bond donors (Lipinski definition) is 8. The lowest BCUT2D eigenvalue weighted by Crippen LogP contribution is -2.59. The van der Waals surface area contributed by atoms with Gasteiger partial charge in [0, 0.05) is 38.2 Å². The number of hydrogen-bond acceptors (Lipinski definition) is 13. The van der Waals surface area contributed by atoms with Crippen molar-refractivity contribution in [1.82, 2.24) is 10.5 Å². The number of nitrogens with two attached hydrogens (primary N) is 1. The van der Waals surface area contributed by atoms with Crippen LogP contribution in [0.25, 0.3) is 0 Å². The van der Waals surface area contributed by atoms with E-state index in [1.807, 2.05) is 0 Å². The van der Waals surface area contributed by atoms with E-state index in [0.717, 1.165) is 70.4 Å². The fourth-order valence-corrected chi connectivity index (χ4v) is 4.92. The summed E-state index contributed by atoms with van der Waals surface area (Å²) < 4.78 is 16.9. The average molecular weight is 671 g/mol. The first kappa shape index (κ1) is 39.7. The highest BCUT2D eigenvalue weighted by Gasteiger charge is 2.44. The molecule has 1 aromatic carbocycles. The number of anilines is 1. The Labute approximate surface area is 277 Å². The molecule has 2 rings (SSSR count). The Morgan fingerprint density at radius 2 is 1.70 bits per heavy atom. The van der Waals surface area contributed by atoms with Gasteiger partial charge in [-0.05, 0) is 87.8 Å². The molecule has 9 N–H and O–H groups in total. The smallest absolute Gasteiger partial charge is 0.229 e. The number of hydroxylamine groups is 2. The van der Waals surface area contributed by atoms with Gasteiger partial charge in [0.1, 0.15) is 24.1 Å². The molecule has 15 heteroatoms. The molecule has 3 unspecified atom stereocenters. The van der Waals surface area contributed by atoms with Crippen molar-refractivity contribution in [3.05, 3.63) is 24.3 Å². The summed E-state index contributed by atoms with van der Waals surface area (Å²) in [4.78, 5) is 4.46. The lowest BCUT2D eigenvalue weighted by molar-refractivity contribution is -0.317. The zero-order chi connectivity index (χ0) is 33.6. The highest BCUT2D eigenvalue weighted by atomic mass is 32.1. The monoisotopic (exact) mass is 670 g/mol. The summed E-state index contributed by atoms with van der Waals surface area (Å²) in [6.07, 6.45) is 5.61. The summed E-state index contributed by atoms with van der Waals surface area (Å²) in [7, 11) is 0. The highest BCUT2D eigenvalue weighted by Crippen LogP contribution is 2.26. The molecule has 0 bridgehead atoms. The summed E-state index contributed by atoms with van der Waals surface area (Å²) in [6.45, 7) is 5.08. The van der Waals surface area contributed by atoms with Gasteiger partial charge in [-0.15, -0.1) is 0 Å². The van der Waals surface area contributed by atoms with Gasteiger partial charge in [-0.2, -0.15) is 5.10 Å². The van der Waals surface area contributed by atoms with Crippen LogP contribution in [0.15, 0.2) is 34.4 Å². The predicted octanol–water partition coefficient (Wildman–Crippen LogP) is 2.95. The molecule has 0 amide bonds. The Morgan fingerprint density at radius 1 is 0.978 bits per heavy atom. The third-order valence-corrected chi connectivity index (χ3v) is 7.66. The largest absolute Gasteiger partial charge is 0.462 e. The SMILES string of the molecule is CCCCCCOCCCCCN=C/C(CCCCNC(=S)Nc1ccc(O[C@H]2OC(CCN(O)O)[C@@H](O)C(O)C2O)cc1)=N\N. The van der Waals surface area contributed by atoms with Crippen molar-refractivity contribution in [3.8, 4) is 5.75 Å². The number of rotatable bonds is 23. The molecule has 0 spiro atoms. The van der Waals surface area contributed by atoms with Crippen LogP contribution >= 0.6 is 12.2 Å². The number of ether oxygens (including phenoxy) is 3. The predicted molar refractivity (Wildman–Crippen MR) is 181 cm³/mol. The number of aliphatic hydroxyl groups is 3. The maximum Gasteiger partial charge on any atom is 0.229 e. The third kappa shape index (κ3) is 16.4. The maximum atomic E-state index is 10.3. The van der Waals surface area contributed by atoms with E-state index in [9.17, 15) is 15.3 Å². The molecule has 0 saturated carbocycles. The van der Waals surface area contributed by atoms with Crippen molar-refractivity contribution in [1.29, 1.82) is 0 Å². The number of thiocarbonyl (C=S) groups is 1. The van der Waals surface area contributed by atoms with Crippen molar-refractivity contribution in [2.75, 3.05) is 38.2 Å². The second kappa shape index (κ2) is 23.8. The first-order valence-electron chi connectivity index (χ1n) is 16.3. The van der Waals surface area contributed by atoms with Crippen LogP contribution in [0.1, 0.15) is 77.6 Å². The standard InChI is InChI=1S/C31H54N6O8S/c1-2-3-4-9-20-43-21-10-5-7-17-33-22-24(36-32)11-6-8-18-34-31(46)35-23-12-14-25(15-13-23)44-30-29(40)28(39)27(38)26(45-30)16-19-37(41)42/h12-15,22,26-30,38-42H,2-11,16-21,32H2,1H3,(H2,34,35,46)/b33-22?,36-24-/t26?,27-,28?,29?,30+/m1/s1. The van der Waals surface area contributed by atoms with E-state index in [4.69, 9.17) is 42.7 Å². The van der Waals surface area contributed by atoms with Crippen molar-refractivity contribution in [3.63, 3.8) is 0 Å². The van der Waals surface area contributed by atoms with Gasteiger partial charge in [0.15, 0.2) is 5.11 Å². The quantitative estimate of drug-likeness (QED) is 0.0277. The summed E-state index contributed by atoms with van der Waals surface area (Å²) in [5.41, 5.74) is 1.48. The molecule has 5 atom stereocenters. The van der Waals surface area contributed by atoms with Crippen LogP contribution in [-0.2, 0) is 9.47 Å². The number of hydrazone groups is 1. The minimum Gasteiger partial charge on any atom is -0.462 e. The molecule has 262 valence electrons. The molecule has 14 nitrogen and oxygen atoms in total. The Kier molecular flexibility index (Phi) is 20.5. The zero-order valence-corrected chi connectivity index (χ0v) is 27.7. The molecular formula is C31H54N6O8S. The summed E-state index contributed by atoms with van der Waals surface area (Å²) in [6, 6.07) is 6.72. The lowest BCUT2D eigenvalue weighted by atomic mass is 9.97. The Balaban J connectivity index is 1.59.